The van der Waals surface area contributed by atoms with E-state index in [0.717, 1.165) is 22.7 Å². The first kappa shape index (κ1) is 10.3. The van der Waals surface area contributed by atoms with Crippen molar-refractivity contribution in [2.24, 2.45) is 5.73 Å². The van der Waals surface area contributed by atoms with Gasteiger partial charge < -0.3 is 5.73 Å². The first-order valence-electron chi connectivity index (χ1n) is 4.92. The van der Waals surface area contributed by atoms with Crippen molar-refractivity contribution in [2.45, 2.75) is 19.4 Å². The van der Waals surface area contributed by atoms with Crippen LogP contribution in [0.5, 0.6) is 0 Å². The molecule has 15 heavy (non-hydrogen) atoms. The van der Waals surface area contributed by atoms with Crippen molar-refractivity contribution in [1.29, 1.82) is 0 Å². The van der Waals surface area contributed by atoms with Gasteiger partial charge in [-0.05, 0) is 18.6 Å². The number of nitrogens with two attached hydrogens (primary N) is 1. The van der Waals surface area contributed by atoms with E-state index in [0.29, 0.717) is 0 Å². The van der Waals surface area contributed by atoms with Gasteiger partial charge in [-0.15, -0.1) is 11.3 Å². The van der Waals surface area contributed by atoms with Crippen LogP contribution in [-0.2, 0) is 0 Å². The Morgan fingerprint density at radius 2 is 2.13 bits per heavy atom. The molecule has 1 unspecified atom stereocenters. The lowest BCUT2D eigenvalue weighted by Gasteiger charge is -2.02. The lowest BCUT2D eigenvalue weighted by atomic mass is 10.2. The molecule has 0 aromatic carbocycles. The highest BCUT2D eigenvalue weighted by Crippen LogP contribution is 2.25. The second-order valence-corrected chi connectivity index (χ2v) is 4.21. The van der Waals surface area contributed by atoms with E-state index in [4.69, 9.17) is 5.73 Å². The lowest BCUT2D eigenvalue weighted by molar-refractivity contribution is 0.693. The van der Waals surface area contributed by atoms with Gasteiger partial charge in [-0.3, -0.25) is 4.98 Å². The third-order valence-corrected chi connectivity index (χ3v) is 3.23. The Kier molecular flexibility index (Phi) is 3.08. The number of nitrogens with zero attached hydrogens (tertiary/aromatic N) is 2. The molecule has 0 aliphatic heterocycles. The fourth-order valence-electron chi connectivity index (χ4n) is 1.29. The van der Waals surface area contributed by atoms with E-state index in [-0.39, 0.29) is 6.04 Å². The zero-order chi connectivity index (χ0) is 10.7. The van der Waals surface area contributed by atoms with Gasteiger partial charge in [0.2, 0.25) is 0 Å². The van der Waals surface area contributed by atoms with Gasteiger partial charge in [0.05, 0.1) is 11.7 Å². The van der Waals surface area contributed by atoms with Gasteiger partial charge in [-0.1, -0.05) is 6.92 Å². The molecule has 0 radical (unpaired) electrons. The molecule has 2 heterocycles. The van der Waals surface area contributed by atoms with Crippen LogP contribution in [0.1, 0.15) is 24.4 Å². The first-order valence-corrected chi connectivity index (χ1v) is 5.80. The summed E-state index contributed by atoms with van der Waals surface area (Å²) in [6.45, 7) is 2.07. The molecule has 4 heteroatoms. The lowest BCUT2D eigenvalue weighted by Crippen LogP contribution is -2.07. The molecule has 0 saturated heterocycles. The van der Waals surface area contributed by atoms with Crippen LogP contribution in [-0.4, -0.2) is 9.97 Å². The number of pyridine rings is 1. The Morgan fingerprint density at radius 3 is 2.80 bits per heavy atom. The third-order valence-electron chi connectivity index (χ3n) is 2.26. The maximum atomic E-state index is 5.92. The number of hydrogen-bond acceptors (Lipinski definition) is 4. The summed E-state index contributed by atoms with van der Waals surface area (Å²) in [5.41, 5.74) is 8.00. The number of hydrogen-bond donors (Lipinski definition) is 1. The van der Waals surface area contributed by atoms with Crippen LogP contribution < -0.4 is 5.73 Å². The number of aromatic nitrogens is 2. The largest absolute Gasteiger partial charge is 0.322 e. The molecule has 2 aromatic heterocycles. The Balaban J connectivity index is 2.28. The van der Waals surface area contributed by atoms with Crippen molar-refractivity contribution in [3.05, 3.63) is 34.9 Å². The van der Waals surface area contributed by atoms with Crippen molar-refractivity contribution in [2.75, 3.05) is 0 Å². The molecule has 0 fully saturated rings. The predicted molar refractivity (Wildman–Crippen MR) is 62.6 cm³/mol. The van der Waals surface area contributed by atoms with Crippen molar-refractivity contribution in [3.63, 3.8) is 0 Å². The maximum Gasteiger partial charge on any atom is 0.110 e. The molecular formula is C11H13N3S. The van der Waals surface area contributed by atoms with Crippen molar-refractivity contribution in [1.82, 2.24) is 9.97 Å². The third kappa shape index (κ3) is 2.22. The van der Waals surface area contributed by atoms with Crippen LogP contribution in [0.15, 0.2) is 29.9 Å². The second-order valence-electron chi connectivity index (χ2n) is 3.32. The zero-order valence-electron chi connectivity index (χ0n) is 8.55. The van der Waals surface area contributed by atoms with Gasteiger partial charge in [0.1, 0.15) is 5.01 Å². The molecule has 0 aliphatic rings. The predicted octanol–water partition coefficient (Wildman–Crippen LogP) is 2.61. The minimum absolute atomic E-state index is 0.0607. The monoisotopic (exact) mass is 219 g/mol. The minimum Gasteiger partial charge on any atom is -0.322 e. The highest BCUT2D eigenvalue weighted by Gasteiger charge is 2.09. The van der Waals surface area contributed by atoms with Crippen LogP contribution in [0, 0.1) is 0 Å². The molecule has 2 rings (SSSR count). The molecule has 2 N–H and O–H groups in total. The quantitative estimate of drug-likeness (QED) is 0.863. The summed E-state index contributed by atoms with van der Waals surface area (Å²) in [6, 6.07) is 3.97. The SMILES string of the molecule is CCC(N)c1nc(-c2ccncc2)cs1. The number of rotatable bonds is 3. The summed E-state index contributed by atoms with van der Waals surface area (Å²) in [4.78, 5) is 8.50. The van der Waals surface area contributed by atoms with Crippen LogP contribution in [0.25, 0.3) is 11.3 Å². The normalized spacial score (nSPS) is 12.7. The molecule has 0 saturated carbocycles. The molecule has 78 valence electrons. The summed E-state index contributed by atoms with van der Waals surface area (Å²) in [5.74, 6) is 0. The summed E-state index contributed by atoms with van der Waals surface area (Å²) in [6.07, 6.45) is 4.46. The summed E-state index contributed by atoms with van der Waals surface area (Å²) in [7, 11) is 0. The van der Waals surface area contributed by atoms with E-state index in [1.54, 1.807) is 23.7 Å². The van der Waals surface area contributed by atoms with E-state index >= 15 is 0 Å². The van der Waals surface area contributed by atoms with Gasteiger partial charge in [0.15, 0.2) is 0 Å². The zero-order valence-corrected chi connectivity index (χ0v) is 9.37. The molecule has 0 spiro atoms. The fraction of sp³-hybridized carbons (Fsp3) is 0.273. The molecule has 2 aromatic rings. The smallest absolute Gasteiger partial charge is 0.110 e. The summed E-state index contributed by atoms with van der Waals surface area (Å²) in [5, 5.41) is 3.05. The molecular weight excluding hydrogens is 206 g/mol. The summed E-state index contributed by atoms with van der Waals surface area (Å²) >= 11 is 1.62. The van der Waals surface area contributed by atoms with Crippen molar-refractivity contribution >= 4 is 11.3 Å². The van der Waals surface area contributed by atoms with E-state index in [1.165, 1.54) is 0 Å². The summed E-state index contributed by atoms with van der Waals surface area (Å²) < 4.78 is 0. The maximum absolute atomic E-state index is 5.92. The van der Waals surface area contributed by atoms with E-state index in [1.807, 2.05) is 17.5 Å². The highest BCUT2D eigenvalue weighted by molar-refractivity contribution is 7.10. The van der Waals surface area contributed by atoms with E-state index in [2.05, 4.69) is 16.9 Å². The molecule has 1 atom stereocenters. The minimum atomic E-state index is 0.0607. The van der Waals surface area contributed by atoms with Crippen LogP contribution in [0.2, 0.25) is 0 Å². The van der Waals surface area contributed by atoms with E-state index < -0.39 is 0 Å². The first-order chi connectivity index (χ1) is 7.31. The standard InChI is InChI=1S/C11H13N3S/c1-2-9(12)11-14-10(7-15-11)8-3-5-13-6-4-8/h3-7,9H,2,12H2,1H3. The molecule has 0 aliphatic carbocycles. The highest BCUT2D eigenvalue weighted by atomic mass is 32.1. The average Bonchev–Trinajstić information content (AvgIpc) is 2.78. The Hall–Kier alpha value is -1.26. The van der Waals surface area contributed by atoms with E-state index in [9.17, 15) is 0 Å². The Labute approximate surface area is 93.0 Å². The van der Waals surface area contributed by atoms with Crippen LogP contribution in [0.4, 0.5) is 0 Å². The molecule has 3 nitrogen and oxygen atoms in total. The van der Waals surface area contributed by atoms with Crippen molar-refractivity contribution < 1.29 is 0 Å². The van der Waals surface area contributed by atoms with Gasteiger partial charge in [-0.2, -0.15) is 0 Å². The van der Waals surface area contributed by atoms with Gasteiger partial charge >= 0.3 is 0 Å². The molecule has 0 bridgehead atoms. The fourth-order valence-corrected chi connectivity index (χ4v) is 2.20. The van der Waals surface area contributed by atoms with Gasteiger partial charge in [0, 0.05) is 23.3 Å². The van der Waals surface area contributed by atoms with Crippen LogP contribution >= 0.6 is 11.3 Å². The number of thiazole rings is 1. The Bertz CT molecular complexity index is 424. The van der Waals surface area contributed by atoms with Crippen LogP contribution in [0.3, 0.4) is 0 Å². The van der Waals surface area contributed by atoms with Gasteiger partial charge in [0.25, 0.3) is 0 Å². The van der Waals surface area contributed by atoms with Gasteiger partial charge in [-0.25, -0.2) is 4.98 Å². The molecule has 0 amide bonds. The topological polar surface area (TPSA) is 51.8 Å². The average molecular weight is 219 g/mol. The second kappa shape index (κ2) is 4.51. The van der Waals surface area contributed by atoms with Crippen molar-refractivity contribution in [3.8, 4) is 11.3 Å². The Morgan fingerprint density at radius 1 is 1.40 bits per heavy atom.